The Hall–Kier alpha value is -1.35. The van der Waals surface area contributed by atoms with Crippen LogP contribution in [0.1, 0.15) is 58.3 Å². The maximum atomic E-state index is 11.0. The Morgan fingerprint density at radius 3 is 2.45 bits per heavy atom. The zero-order valence-electron chi connectivity index (χ0n) is 14.4. The molecule has 0 N–H and O–H groups in total. The molecule has 0 saturated heterocycles. The second-order valence-electron chi connectivity index (χ2n) is 5.23. The van der Waals surface area contributed by atoms with Crippen LogP contribution in [0.5, 0.6) is 0 Å². The maximum Gasteiger partial charge on any atom is 0.305 e. The number of rotatable bonds is 13. The van der Waals surface area contributed by atoms with E-state index < -0.39 is 0 Å². The quantitative estimate of drug-likeness (QED) is 0.208. The van der Waals surface area contributed by atoms with Crippen molar-refractivity contribution in [3.8, 4) is 0 Å². The van der Waals surface area contributed by atoms with Gasteiger partial charge in [0.1, 0.15) is 0 Å². The lowest BCUT2D eigenvalue weighted by Crippen LogP contribution is -2.06. The van der Waals surface area contributed by atoms with Gasteiger partial charge in [0.05, 0.1) is 13.2 Å². The highest BCUT2D eigenvalue weighted by Crippen LogP contribution is 2.10. The molecule has 0 saturated carbocycles. The maximum absolute atomic E-state index is 11.0. The Labute approximate surface area is 136 Å². The molecule has 0 radical (unpaired) electrons. The van der Waals surface area contributed by atoms with Gasteiger partial charge < -0.3 is 9.47 Å². The fourth-order valence-electron chi connectivity index (χ4n) is 2.05. The predicted octanol–water partition coefficient (Wildman–Crippen LogP) is 4.98. The van der Waals surface area contributed by atoms with E-state index in [-0.39, 0.29) is 12.1 Å². The van der Waals surface area contributed by atoms with Crippen LogP contribution in [-0.2, 0) is 14.3 Å². The van der Waals surface area contributed by atoms with Crippen LogP contribution in [0.2, 0.25) is 0 Å². The van der Waals surface area contributed by atoms with Gasteiger partial charge in [-0.3, -0.25) is 4.79 Å². The third kappa shape index (κ3) is 13.6. The summed E-state index contributed by atoms with van der Waals surface area (Å²) in [7, 11) is 3.19. The molecular weight excluding hydrogens is 276 g/mol. The summed E-state index contributed by atoms with van der Waals surface area (Å²) in [4.78, 5) is 11.0. The normalized spacial score (nSPS) is 13.4. The molecule has 3 nitrogen and oxygen atoms in total. The molecular formula is C19H32O3. The fraction of sp³-hybridized carbons (Fsp3) is 0.632. The number of unbranched alkanes of at least 4 members (excludes halogenated alkanes) is 3. The van der Waals surface area contributed by atoms with E-state index in [1.807, 2.05) is 0 Å². The van der Waals surface area contributed by atoms with E-state index in [0.29, 0.717) is 6.42 Å². The van der Waals surface area contributed by atoms with Crippen LogP contribution in [0.3, 0.4) is 0 Å². The minimum Gasteiger partial charge on any atom is -0.469 e. The monoisotopic (exact) mass is 308 g/mol. The van der Waals surface area contributed by atoms with E-state index in [1.54, 1.807) is 7.11 Å². The Morgan fingerprint density at radius 1 is 1.00 bits per heavy atom. The molecule has 0 amide bonds. The molecule has 0 aliphatic rings. The van der Waals surface area contributed by atoms with Gasteiger partial charge in [-0.15, -0.1) is 0 Å². The van der Waals surface area contributed by atoms with Crippen molar-refractivity contribution in [1.82, 2.24) is 0 Å². The standard InChI is InChI=1S/C19H32O3/c1-4-5-6-7-8-9-12-15-18(21-2)16-13-10-11-14-17-19(20)22-3/h5-6,8-9,12,15,18H,4,7,10-11,13-14,16-17H2,1-3H3. The molecule has 22 heavy (non-hydrogen) atoms. The lowest BCUT2D eigenvalue weighted by atomic mass is 10.1. The van der Waals surface area contributed by atoms with Crippen molar-refractivity contribution in [3.05, 3.63) is 36.5 Å². The number of allylic oxidation sites excluding steroid dienone is 5. The Morgan fingerprint density at radius 2 is 1.77 bits per heavy atom. The van der Waals surface area contributed by atoms with Crippen molar-refractivity contribution in [2.75, 3.05) is 14.2 Å². The van der Waals surface area contributed by atoms with Crippen LogP contribution in [0, 0.1) is 0 Å². The molecule has 126 valence electrons. The largest absolute Gasteiger partial charge is 0.469 e. The molecule has 0 aromatic rings. The first-order valence-corrected chi connectivity index (χ1v) is 8.32. The summed E-state index contributed by atoms with van der Waals surface area (Å²) in [6.45, 7) is 2.14. The Balaban J connectivity index is 3.69. The van der Waals surface area contributed by atoms with Crippen LogP contribution in [0.4, 0.5) is 0 Å². The summed E-state index contributed by atoms with van der Waals surface area (Å²) < 4.78 is 10.1. The predicted molar refractivity (Wildman–Crippen MR) is 92.8 cm³/mol. The third-order valence-electron chi connectivity index (χ3n) is 3.40. The second-order valence-corrected chi connectivity index (χ2v) is 5.23. The van der Waals surface area contributed by atoms with Gasteiger partial charge in [-0.2, -0.15) is 0 Å². The summed E-state index contributed by atoms with van der Waals surface area (Å²) in [5.74, 6) is -0.113. The molecule has 0 spiro atoms. The van der Waals surface area contributed by atoms with Gasteiger partial charge in [0.15, 0.2) is 0 Å². The van der Waals surface area contributed by atoms with Crippen molar-refractivity contribution in [1.29, 1.82) is 0 Å². The number of hydrogen-bond donors (Lipinski definition) is 0. The van der Waals surface area contributed by atoms with Gasteiger partial charge in [-0.05, 0) is 25.7 Å². The molecule has 0 aromatic carbocycles. The molecule has 0 bridgehead atoms. The molecule has 0 aliphatic carbocycles. The van der Waals surface area contributed by atoms with Crippen LogP contribution in [0.15, 0.2) is 36.5 Å². The highest BCUT2D eigenvalue weighted by atomic mass is 16.5. The summed E-state index contributed by atoms with van der Waals surface area (Å²) >= 11 is 0. The van der Waals surface area contributed by atoms with Gasteiger partial charge in [-0.25, -0.2) is 0 Å². The molecule has 0 heterocycles. The van der Waals surface area contributed by atoms with E-state index in [0.717, 1.165) is 44.9 Å². The number of hydrogen-bond acceptors (Lipinski definition) is 3. The Kier molecular flexibility index (Phi) is 15.0. The minimum atomic E-state index is -0.113. The number of esters is 1. The van der Waals surface area contributed by atoms with E-state index >= 15 is 0 Å². The van der Waals surface area contributed by atoms with Crippen molar-refractivity contribution in [2.45, 2.75) is 64.4 Å². The summed E-state index contributed by atoms with van der Waals surface area (Å²) in [5.41, 5.74) is 0. The van der Waals surface area contributed by atoms with E-state index in [1.165, 1.54) is 7.11 Å². The van der Waals surface area contributed by atoms with Crippen LogP contribution in [0.25, 0.3) is 0 Å². The average molecular weight is 308 g/mol. The SMILES string of the molecule is CCC=CCC=CC=CC(CCCCCCC(=O)OC)OC. The first kappa shape index (κ1) is 20.6. The second kappa shape index (κ2) is 16.0. The number of carbonyl (C=O) groups excluding carboxylic acids is 1. The fourth-order valence-corrected chi connectivity index (χ4v) is 2.05. The van der Waals surface area contributed by atoms with Gasteiger partial charge in [0.25, 0.3) is 0 Å². The first-order valence-electron chi connectivity index (χ1n) is 8.32. The van der Waals surface area contributed by atoms with Gasteiger partial charge in [0.2, 0.25) is 0 Å². The zero-order chi connectivity index (χ0) is 16.5. The molecule has 0 aliphatic heterocycles. The zero-order valence-corrected chi connectivity index (χ0v) is 14.4. The van der Waals surface area contributed by atoms with Crippen molar-refractivity contribution in [2.24, 2.45) is 0 Å². The molecule has 1 unspecified atom stereocenters. The van der Waals surface area contributed by atoms with E-state index in [9.17, 15) is 4.79 Å². The van der Waals surface area contributed by atoms with Crippen molar-refractivity contribution < 1.29 is 14.3 Å². The third-order valence-corrected chi connectivity index (χ3v) is 3.40. The summed E-state index contributed by atoms with van der Waals surface area (Å²) in [5, 5.41) is 0. The van der Waals surface area contributed by atoms with Crippen molar-refractivity contribution in [3.63, 3.8) is 0 Å². The lowest BCUT2D eigenvalue weighted by molar-refractivity contribution is -0.140. The number of methoxy groups -OCH3 is 2. The Bertz CT molecular complexity index is 343. The van der Waals surface area contributed by atoms with E-state index in [2.05, 4.69) is 48.1 Å². The van der Waals surface area contributed by atoms with E-state index in [4.69, 9.17) is 4.74 Å². The molecule has 3 heteroatoms. The summed E-state index contributed by atoms with van der Waals surface area (Å²) in [6.07, 6.45) is 20.8. The minimum absolute atomic E-state index is 0.113. The molecule has 1 atom stereocenters. The topological polar surface area (TPSA) is 35.5 Å². The lowest BCUT2D eigenvalue weighted by Gasteiger charge is -2.10. The molecule has 0 fully saturated rings. The first-order chi connectivity index (χ1) is 10.7. The number of ether oxygens (including phenoxy) is 2. The highest BCUT2D eigenvalue weighted by molar-refractivity contribution is 5.68. The average Bonchev–Trinajstić information content (AvgIpc) is 2.54. The smallest absolute Gasteiger partial charge is 0.305 e. The molecule has 0 aromatic heterocycles. The number of carbonyl (C=O) groups is 1. The van der Waals surface area contributed by atoms with Gasteiger partial charge in [0, 0.05) is 13.5 Å². The highest BCUT2D eigenvalue weighted by Gasteiger charge is 2.03. The van der Waals surface area contributed by atoms with Crippen LogP contribution >= 0.6 is 0 Å². The van der Waals surface area contributed by atoms with Gasteiger partial charge in [-0.1, -0.05) is 62.6 Å². The van der Waals surface area contributed by atoms with Crippen LogP contribution in [-0.4, -0.2) is 26.3 Å². The van der Waals surface area contributed by atoms with Crippen LogP contribution < -0.4 is 0 Å². The molecule has 0 rings (SSSR count). The van der Waals surface area contributed by atoms with Crippen molar-refractivity contribution >= 4 is 5.97 Å². The van der Waals surface area contributed by atoms with Gasteiger partial charge >= 0.3 is 5.97 Å². The summed E-state index contributed by atoms with van der Waals surface area (Å²) in [6, 6.07) is 0.